The van der Waals surface area contributed by atoms with Crippen LogP contribution in [0.1, 0.15) is 33.1 Å². The zero-order valence-electron chi connectivity index (χ0n) is 12.2. The topological polar surface area (TPSA) is 40.2 Å². The third kappa shape index (κ3) is 4.71. The Labute approximate surface area is 116 Å². The molecule has 1 aromatic heterocycles. The SMILES string of the molecule is CCNc1cc(NC(C)CN2CCCCC2)ccn1. The Morgan fingerprint density at radius 2 is 2.11 bits per heavy atom. The minimum atomic E-state index is 0.468. The second-order valence-corrected chi connectivity index (χ2v) is 5.37. The van der Waals surface area contributed by atoms with Crippen LogP contribution in [0.2, 0.25) is 0 Å². The van der Waals surface area contributed by atoms with Gasteiger partial charge in [-0.1, -0.05) is 6.42 Å². The maximum atomic E-state index is 4.29. The second-order valence-electron chi connectivity index (χ2n) is 5.37. The predicted octanol–water partition coefficient (Wildman–Crippen LogP) is 2.80. The highest BCUT2D eigenvalue weighted by atomic mass is 15.1. The van der Waals surface area contributed by atoms with Gasteiger partial charge in [0.05, 0.1) is 0 Å². The van der Waals surface area contributed by atoms with Gasteiger partial charge in [0.2, 0.25) is 0 Å². The number of rotatable bonds is 6. The number of aromatic nitrogens is 1. The van der Waals surface area contributed by atoms with E-state index in [9.17, 15) is 0 Å². The van der Waals surface area contributed by atoms with Crippen LogP contribution < -0.4 is 10.6 Å². The Hall–Kier alpha value is -1.29. The lowest BCUT2D eigenvalue weighted by Gasteiger charge is -2.29. The Bertz CT molecular complexity index is 374. The molecule has 0 amide bonds. The highest BCUT2D eigenvalue weighted by Gasteiger charge is 2.13. The highest BCUT2D eigenvalue weighted by molar-refractivity contribution is 5.52. The maximum Gasteiger partial charge on any atom is 0.127 e. The molecule has 1 unspecified atom stereocenters. The summed E-state index contributed by atoms with van der Waals surface area (Å²) in [5, 5.41) is 6.81. The van der Waals surface area contributed by atoms with Crippen molar-refractivity contribution >= 4 is 11.5 Å². The van der Waals surface area contributed by atoms with E-state index >= 15 is 0 Å². The number of nitrogens with one attached hydrogen (secondary N) is 2. The molecule has 0 aliphatic carbocycles. The van der Waals surface area contributed by atoms with Gasteiger partial charge in [-0.2, -0.15) is 0 Å². The van der Waals surface area contributed by atoms with E-state index in [1.165, 1.54) is 32.4 Å². The van der Waals surface area contributed by atoms with Crippen molar-refractivity contribution in [3.05, 3.63) is 18.3 Å². The van der Waals surface area contributed by atoms with Crippen LogP contribution in [0.25, 0.3) is 0 Å². The lowest BCUT2D eigenvalue weighted by molar-refractivity contribution is 0.223. The summed E-state index contributed by atoms with van der Waals surface area (Å²) >= 11 is 0. The number of anilines is 2. The first-order chi connectivity index (χ1) is 9.28. The van der Waals surface area contributed by atoms with Gasteiger partial charge in [-0.3, -0.25) is 0 Å². The smallest absolute Gasteiger partial charge is 0.127 e. The summed E-state index contributed by atoms with van der Waals surface area (Å²) in [7, 11) is 0. The summed E-state index contributed by atoms with van der Waals surface area (Å²) in [5.41, 5.74) is 1.15. The molecule has 106 valence electrons. The average molecular weight is 262 g/mol. The lowest BCUT2D eigenvalue weighted by atomic mass is 10.1. The fourth-order valence-corrected chi connectivity index (χ4v) is 2.66. The molecule has 1 aromatic rings. The molecule has 4 nitrogen and oxygen atoms in total. The van der Waals surface area contributed by atoms with E-state index in [2.05, 4.69) is 40.4 Å². The molecular weight excluding hydrogens is 236 g/mol. The highest BCUT2D eigenvalue weighted by Crippen LogP contribution is 2.14. The number of hydrogen-bond donors (Lipinski definition) is 2. The molecule has 1 aliphatic rings. The number of pyridine rings is 1. The van der Waals surface area contributed by atoms with Crippen molar-refractivity contribution in [3.63, 3.8) is 0 Å². The summed E-state index contributed by atoms with van der Waals surface area (Å²) in [6.45, 7) is 8.87. The third-order valence-corrected chi connectivity index (χ3v) is 3.51. The van der Waals surface area contributed by atoms with E-state index in [-0.39, 0.29) is 0 Å². The fourth-order valence-electron chi connectivity index (χ4n) is 2.66. The molecule has 2 heterocycles. The predicted molar refractivity (Wildman–Crippen MR) is 81.8 cm³/mol. The van der Waals surface area contributed by atoms with E-state index in [0.29, 0.717) is 6.04 Å². The summed E-state index contributed by atoms with van der Waals surface area (Å²) in [5.74, 6) is 0.942. The van der Waals surface area contributed by atoms with Crippen molar-refractivity contribution in [2.24, 2.45) is 0 Å². The summed E-state index contributed by atoms with van der Waals surface area (Å²) in [4.78, 5) is 6.85. The number of nitrogens with zero attached hydrogens (tertiary/aromatic N) is 2. The molecule has 0 radical (unpaired) electrons. The third-order valence-electron chi connectivity index (χ3n) is 3.51. The summed E-state index contributed by atoms with van der Waals surface area (Å²) in [6, 6.07) is 4.58. The lowest BCUT2D eigenvalue weighted by Crippen LogP contribution is -2.38. The fraction of sp³-hybridized carbons (Fsp3) is 0.667. The van der Waals surface area contributed by atoms with Crippen LogP contribution in [0, 0.1) is 0 Å². The Morgan fingerprint density at radius 3 is 2.84 bits per heavy atom. The zero-order chi connectivity index (χ0) is 13.5. The maximum absolute atomic E-state index is 4.29. The Morgan fingerprint density at radius 1 is 1.32 bits per heavy atom. The van der Waals surface area contributed by atoms with Gasteiger partial charge in [0, 0.05) is 37.1 Å². The first-order valence-electron chi connectivity index (χ1n) is 7.46. The van der Waals surface area contributed by atoms with Crippen LogP contribution in [0.5, 0.6) is 0 Å². The van der Waals surface area contributed by atoms with Crippen molar-refractivity contribution < 1.29 is 0 Å². The number of hydrogen-bond acceptors (Lipinski definition) is 4. The molecule has 0 aromatic carbocycles. The van der Waals surface area contributed by atoms with Crippen molar-refractivity contribution in [3.8, 4) is 0 Å². The van der Waals surface area contributed by atoms with Crippen LogP contribution in [-0.2, 0) is 0 Å². The Balaban J connectivity index is 1.83. The van der Waals surface area contributed by atoms with Crippen molar-refractivity contribution in [2.45, 2.75) is 39.2 Å². The van der Waals surface area contributed by atoms with Gasteiger partial charge in [-0.15, -0.1) is 0 Å². The Kier molecular flexibility index (Phi) is 5.45. The molecule has 1 atom stereocenters. The molecule has 4 heteroatoms. The summed E-state index contributed by atoms with van der Waals surface area (Å²) in [6.07, 6.45) is 5.96. The van der Waals surface area contributed by atoms with Crippen molar-refractivity contribution in [1.29, 1.82) is 0 Å². The second kappa shape index (κ2) is 7.34. The van der Waals surface area contributed by atoms with Crippen LogP contribution in [0.3, 0.4) is 0 Å². The van der Waals surface area contributed by atoms with Gasteiger partial charge in [-0.25, -0.2) is 4.98 Å². The average Bonchev–Trinajstić information content (AvgIpc) is 2.40. The molecule has 0 bridgehead atoms. The van der Waals surface area contributed by atoms with Gasteiger partial charge < -0.3 is 15.5 Å². The molecular formula is C15H26N4. The van der Waals surface area contributed by atoms with E-state index < -0.39 is 0 Å². The molecule has 0 spiro atoms. The van der Waals surface area contributed by atoms with Crippen molar-refractivity contribution in [1.82, 2.24) is 9.88 Å². The zero-order valence-corrected chi connectivity index (χ0v) is 12.2. The first-order valence-corrected chi connectivity index (χ1v) is 7.46. The molecule has 1 saturated heterocycles. The molecule has 0 saturated carbocycles. The standard InChI is InChI=1S/C15H26N4/c1-3-16-15-11-14(7-8-17-15)18-13(2)12-19-9-5-4-6-10-19/h7-8,11,13H,3-6,9-10,12H2,1-2H3,(H2,16,17,18). The van der Waals surface area contributed by atoms with Crippen LogP contribution in [0.4, 0.5) is 11.5 Å². The largest absolute Gasteiger partial charge is 0.381 e. The van der Waals surface area contributed by atoms with Crippen LogP contribution in [-0.4, -0.2) is 42.1 Å². The molecule has 19 heavy (non-hydrogen) atoms. The molecule has 2 rings (SSSR count). The van der Waals surface area contributed by atoms with Crippen LogP contribution in [0.15, 0.2) is 18.3 Å². The first kappa shape index (κ1) is 14.1. The van der Waals surface area contributed by atoms with E-state index in [4.69, 9.17) is 0 Å². The van der Waals surface area contributed by atoms with Gasteiger partial charge in [-0.05, 0) is 45.8 Å². The van der Waals surface area contributed by atoms with Gasteiger partial charge in [0.25, 0.3) is 0 Å². The van der Waals surface area contributed by atoms with E-state index in [1.54, 1.807) is 0 Å². The minimum Gasteiger partial charge on any atom is -0.381 e. The minimum absolute atomic E-state index is 0.468. The summed E-state index contributed by atoms with van der Waals surface area (Å²) < 4.78 is 0. The molecule has 1 aliphatic heterocycles. The van der Waals surface area contributed by atoms with E-state index in [1.807, 2.05) is 12.3 Å². The van der Waals surface area contributed by atoms with Crippen LogP contribution >= 0.6 is 0 Å². The molecule has 1 fully saturated rings. The molecule has 2 N–H and O–H groups in total. The monoisotopic (exact) mass is 262 g/mol. The number of likely N-dealkylation sites (tertiary alicyclic amines) is 1. The quantitative estimate of drug-likeness (QED) is 0.827. The van der Waals surface area contributed by atoms with Gasteiger partial charge >= 0.3 is 0 Å². The van der Waals surface area contributed by atoms with Crippen molar-refractivity contribution in [2.75, 3.05) is 36.8 Å². The van der Waals surface area contributed by atoms with Gasteiger partial charge in [0.1, 0.15) is 5.82 Å². The normalized spacial score (nSPS) is 18.0. The number of piperidine rings is 1. The van der Waals surface area contributed by atoms with Gasteiger partial charge in [0.15, 0.2) is 0 Å². The van der Waals surface area contributed by atoms with E-state index in [0.717, 1.165) is 24.6 Å².